The lowest BCUT2D eigenvalue weighted by Gasteiger charge is -2.39. The number of nitrogen functional groups attached to an aromatic ring is 1. The number of anilines is 2. The van der Waals surface area contributed by atoms with Gasteiger partial charge in [-0.3, -0.25) is 4.90 Å². The third kappa shape index (κ3) is 4.07. The Morgan fingerprint density at radius 3 is 2.33 bits per heavy atom. The Labute approximate surface area is 178 Å². The van der Waals surface area contributed by atoms with Gasteiger partial charge in [-0.25, -0.2) is 18.7 Å². The number of piperazine rings is 1. The maximum atomic E-state index is 13.4. The Kier molecular flexibility index (Phi) is 5.80. The highest BCUT2D eigenvalue weighted by atomic mass is 35.5. The predicted octanol–water partition coefficient (Wildman–Crippen LogP) is 3.44. The number of nitrogens with zero attached hydrogens (tertiary/aromatic N) is 4. The van der Waals surface area contributed by atoms with Crippen LogP contribution in [0.15, 0.2) is 48.8 Å². The molecule has 1 unspecified atom stereocenters. The smallest absolute Gasteiger partial charge is 0.142 e. The van der Waals surface area contributed by atoms with Crippen molar-refractivity contribution >= 4 is 23.2 Å². The second kappa shape index (κ2) is 8.51. The molecule has 9 heteroatoms. The van der Waals surface area contributed by atoms with Crippen molar-refractivity contribution in [3.8, 4) is 11.1 Å². The quantitative estimate of drug-likeness (QED) is 0.659. The molecule has 4 N–H and O–H groups in total. The standard InChI is InChI=1S/C21H21ClF2N6/c22-16-11-14(3-6-17(16)24)20(26)29-7-9-30(10-8-29)21-18(19(25)27-12-28-21)13-1-4-15(23)5-2-13/h1-6,11-12,20H,7-10,26H2,(H2,25,27,28). The first-order chi connectivity index (χ1) is 14.4. The zero-order valence-electron chi connectivity index (χ0n) is 16.1. The molecule has 0 amide bonds. The largest absolute Gasteiger partial charge is 0.383 e. The van der Waals surface area contributed by atoms with Crippen LogP contribution >= 0.6 is 11.6 Å². The molecule has 4 rings (SSSR count). The molecular formula is C21H21ClF2N6. The fraction of sp³-hybridized carbons (Fsp3) is 0.238. The van der Waals surface area contributed by atoms with Crippen LogP contribution in [0.5, 0.6) is 0 Å². The molecule has 1 saturated heterocycles. The molecule has 156 valence electrons. The zero-order chi connectivity index (χ0) is 21.3. The zero-order valence-corrected chi connectivity index (χ0v) is 16.9. The van der Waals surface area contributed by atoms with E-state index in [1.165, 1.54) is 24.5 Å². The van der Waals surface area contributed by atoms with E-state index in [9.17, 15) is 8.78 Å². The molecule has 1 aliphatic heterocycles. The van der Waals surface area contributed by atoms with Gasteiger partial charge in [0.05, 0.1) is 16.8 Å². The van der Waals surface area contributed by atoms with E-state index in [0.29, 0.717) is 43.4 Å². The average molecular weight is 431 g/mol. The number of rotatable bonds is 4. The summed E-state index contributed by atoms with van der Waals surface area (Å²) in [6.07, 6.45) is 1.04. The van der Waals surface area contributed by atoms with Gasteiger partial charge in [-0.15, -0.1) is 0 Å². The molecule has 30 heavy (non-hydrogen) atoms. The molecule has 3 aromatic rings. The Hall–Kier alpha value is -2.81. The summed E-state index contributed by atoms with van der Waals surface area (Å²) in [4.78, 5) is 12.8. The first-order valence-corrected chi connectivity index (χ1v) is 9.88. The minimum absolute atomic E-state index is 0.0574. The van der Waals surface area contributed by atoms with E-state index in [0.717, 1.165) is 11.1 Å². The van der Waals surface area contributed by atoms with Crippen LogP contribution in [0, 0.1) is 11.6 Å². The van der Waals surface area contributed by atoms with Gasteiger partial charge in [0.1, 0.15) is 29.6 Å². The number of benzene rings is 2. The van der Waals surface area contributed by atoms with Gasteiger partial charge in [0.2, 0.25) is 0 Å². The Morgan fingerprint density at radius 1 is 0.967 bits per heavy atom. The van der Waals surface area contributed by atoms with Crippen molar-refractivity contribution in [1.29, 1.82) is 0 Å². The summed E-state index contributed by atoms with van der Waals surface area (Å²) in [7, 11) is 0. The van der Waals surface area contributed by atoms with Crippen LogP contribution in [0.25, 0.3) is 11.1 Å². The molecule has 0 saturated carbocycles. The summed E-state index contributed by atoms with van der Waals surface area (Å²) in [5, 5.41) is 0.0574. The lowest BCUT2D eigenvalue weighted by molar-refractivity contribution is 0.189. The molecule has 1 aliphatic rings. The first kappa shape index (κ1) is 20.5. The highest BCUT2D eigenvalue weighted by Gasteiger charge is 2.26. The fourth-order valence-electron chi connectivity index (χ4n) is 3.64. The van der Waals surface area contributed by atoms with Crippen LogP contribution in [-0.4, -0.2) is 41.0 Å². The number of aromatic nitrogens is 2. The van der Waals surface area contributed by atoms with Crippen molar-refractivity contribution < 1.29 is 8.78 Å². The predicted molar refractivity (Wildman–Crippen MR) is 114 cm³/mol. The second-order valence-electron chi connectivity index (χ2n) is 7.11. The van der Waals surface area contributed by atoms with Gasteiger partial charge in [0.15, 0.2) is 0 Å². The molecule has 1 atom stereocenters. The van der Waals surface area contributed by atoms with Crippen molar-refractivity contribution in [3.63, 3.8) is 0 Å². The van der Waals surface area contributed by atoms with Gasteiger partial charge >= 0.3 is 0 Å². The van der Waals surface area contributed by atoms with Crippen molar-refractivity contribution in [3.05, 3.63) is 71.0 Å². The van der Waals surface area contributed by atoms with Crippen molar-refractivity contribution in [2.45, 2.75) is 6.17 Å². The number of hydrogen-bond donors (Lipinski definition) is 2. The van der Waals surface area contributed by atoms with Gasteiger partial charge in [-0.05, 0) is 35.4 Å². The number of hydrogen-bond acceptors (Lipinski definition) is 6. The molecule has 0 aliphatic carbocycles. The third-order valence-electron chi connectivity index (χ3n) is 5.28. The lowest BCUT2D eigenvalue weighted by atomic mass is 10.1. The van der Waals surface area contributed by atoms with E-state index < -0.39 is 12.0 Å². The summed E-state index contributed by atoms with van der Waals surface area (Å²) in [5.74, 6) is 0.255. The van der Waals surface area contributed by atoms with Gasteiger partial charge < -0.3 is 16.4 Å². The van der Waals surface area contributed by atoms with Crippen LogP contribution in [-0.2, 0) is 0 Å². The Morgan fingerprint density at radius 2 is 1.67 bits per heavy atom. The van der Waals surface area contributed by atoms with Gasteiger partial charge in [-0.1, -0.05) is 29.8 Å². The average Bonchev–Trinajstić information content (AvgIpc) is 2.76. The molecule has 2 aromatic carbocycles. The lowest BCUT2D eigenvalue weighted by Crippen LogP contribution is -2.50. The molecule has 6 nitrogen and oxygen atoms in total. The first-order valence-electron chi connectivity index (χ1n) is 9.50. The highest BCUT2D eigenvalue weighted by Crippen LogP contribution is 2.34. The van der Waals surface area contributed by atoms with Crippen molar-refractivity contribution in [2.75, 3.05) is 36.8 Å². The van der Waals surface area contributed by atoms with Gasteiger partial charge in [0, 0.05) is 26.2 Å². The second-order valence-corrected chi connectivity index (χ2v) is 7.51. The molecule has 1 fully saturated rings. The molecule has 0 radical (unpaired) electrons. The fourth-order valence-corrected chi connectivity index (χ4v) is 3.83. The summed E-state index contributed by atoms with van der Waals surface area (Å²) < 4.78 is 26.8. The van der Waals surface area contributed by atoms with Crippen LogP contribution < -0.4 is 16.4 Å². The molecule has 1 aromatic heterocycles. The summed E-state index contributed by atoms with van der Waals surface area (Å²) in [6, 6.07) is 10.6. The van der Waals surface area contributed by atoms with E-state index in [-0.39, 0.29) is 10.8 Å². The van der Waals surface area contributed by atoms with Crippen LogP contribution in [0.1, 0.15) is 11.7 Å². The third-order valence-corrected chi connectivity index (χ3v) is 5.57. The molecule has 0 spiro atoms. The minimum Gasteiger partial charge on any atom is -0.383 e. The van der Waals surface area contributed by atoms with Gasteiger partial charge in [-0.2, -0.15) is 0 Å². The van der Waals surface area contributed by atoms with E-state index in [2.05, 4.69) is 19.8 Å². The number of nitrogens with two attached hydrogens (primary N) is 2. The van der Waals surface area contributed by atoms with E-state index >= 15 is 0 Å². The molecule has 2 heterocycles. The minimum atomic E-state index is -0.466. The van der Waals surface area contributed by atoms with Gasteiger partial charge in [0.25, 0.3) is 0 Å². The molecular weight excluding hydrogens is 410 g/mol. The Balaban J connectivity index is 1.52. The summed E-state index contributed by atoms with van der Waals surface area (Å²) in [5.41, 5.74) is 14.7. The van der Waals surface area contributed by atoms with Crippen molar-refractivity contribution in [2.24, 2.45) is 5.73 Å². The van der Waals surface area contributed by atoms with E-state index in [1.807, 2.05) is 0 Å². The Bertz CT molecular complexity index is 1040. The highest BCUT2D eigenvalue weighted by molar-refractivity contribution is 6.30. The van der Waals surface area contributed by atoms with E-state index in [4.69, 9.17) is 23.1 Å². The SMILES string of the molecule is Nc1ncnc(N2CCN(C(N)c3ccc(F)c(Cl)c3)CC2)c1-c1ccc(F)cc1. The monoisotopic (exact) mass is 430 g/mol. The number of halogens is 3. The van der Waals surface area contributed by atoms with Crippen LogP contribution in [0.2, 0.25) is 5.02 Å². The van der Waals surface area contributed by atoms with Crippen molar-refractivity contribution in [1.82, 2.24) is 14.9 Å². The normalized spacial score (nSPS) is 15.9. The summed E-state index contributed by atoms with van der Waals surface area (Å²) in [6.45, 7) is 2.66. The summed E-state index contributed by atoms with van der Waals surface area (Å²) >= 11 is 5.89. The van der Waals surface area contributed by atoms with E-state index in [1.54, 1.807) is 24.3 Å². The topological polar surface area (TPSA) is 84.3 Å². The maximum Gasteiger partial charge on any atom is 0.142 e. The molecule has 0 bridgehead atoms. The maximum absolute atomic E-state index is 13.4. The van der Waals surface area contributed by atoms with Crippen LogP contribution in [0.3, 0.4) is 0 Å². The van der Waals surface area contributed by atoms with Crippen LogP contribution in [0.4, 0.5) is 20.4 Å².